The van der Waals surface area contributed by atoms with Crippen LogP contribution in [0.25, 0.3) is 5.69 Å². The van der Waals surface area contributed by atoms with E-state index in [1.54, 1.807) is 41.6 Å². The molecule has 29 heavy (non-hydrogen) atoms. The SMILES string of the molecule is CC(C)c1c(C(=O)N2CCN(c3cnccn3)CC2)cnn1-c1ccc(F)cc1. The molecule has 4 rings (SSSR count). The van der Waals surface area contributed by atoms with Gasteiger partial charge >= 0.3 is 0 Å². The molecule has 8 heteroatoms. The molecule has 1 aliphatic heterocycles. The Morgan fingerprint density at radius 3 is 2.38 bits per heavy atom. The molecule has 1 aliphatic rings. The molecule has 1 aromatic carbocycles. The van der Waals surface area contributed by atoms with Crippen molar-refractivity contribution in [2.24, 2.45) is 0 Å². The van der Waals surface area contributed by atoms with Gasteiger partial charge in [0, 0.05) is 38.6 Å². The van der Waals surface area contributed by atoms with Crippen LogP contribution in [0, 0.1) is 5.82 Å². The second kappa shape index (κ2) is 7.98. The summed E-state index contributed by atoms with van der Waals surface area (Å²) in [6.45, 7) is 6.67. The summed E-state index contributed by atoms with van der Waals surface area (Å²) < 4.78 is 15.0. The summed E-state index contributed by atoms with van der Waals surface area (Å²) in [5, 5.41) is 4.43. The van der Waals surface area contributed by atoms with E-state index in [2.05, 4.69) is 20.0 Å². The van der Waals surface area contributed by atoms with E-state index < -0.39 is 0 Å². The molecule has 3 heterocycles. The second-order valence-corrected chi connectivity index (χ2v) is 7.33. The van der Waals surface area contributed by atoms with Crippen LogP contribution >= 0.6 is 0 Å². The molecule has 1 fully saturated rings. The van der Waals surface area contributed by atoms with Gasteiger partial charge in [0.05, 0.1) is 29.3 Å². The highest BCUT2D eigenvalue weighted by Crippen LogP contribution is 2.25. The van der Waals surface area contributed by atoms with E-state index in [1.165, 1.54) is 12.1 Å². The third-order valence-corrected chi connectivity index (χ3v) is 5.10. The predicted octanol–water partition coefficient (Wildman–Crippen LogP) is 2.89. The van der Waals surface area contributed by atoms with Gasteiger partial charge in [0.1, 0.15) is 11.6 Å². The Morgan fingerprint density at radius 2 is 1.76 bits per heavy atom. The third kappa shape index (κ3) is 3.83. The molecule has 150 valence electrons. The monoisotopic (exact) mass is 394 g/mol. The standard InChI is InChI=1S/C21H23FN6O/c1-15(2)20-18(13-25-28(20)17-5-3-16(22)4-6-17)21(29)27-11-9-26(10-12-27)19-14-23-7-8-24-19/h3-8,13-15H,9-12H2,1-2H3. The number of aromatic nitrogens is 4. The molecule has 0 spiro atoms. The van der Waals surface area contributed by atoms with Gasteiger partial charge in [-0.3, -0.25) is 9.78 Å². The average Bonchev–Trinajstić information content (AvgIpc) is 3.20. The number of benzene rings is 1. The maximum atomic E-state index is 13.3. The van der Waals surface area contributed by atoms with Crippen LogP contribution < -0.4 is 4.90 Å². The smallest absolute Gasteiger partial charge is 0.257 e. The molecule has 0 aliphatic carbocycles. The topological polar surface area (TPSA) is 67.2 Å². The largest absolute Gasteiger partial charge is 0.352 e. The normalized spacial score (nSPS) is 14.5. The highest BCUT2D eigenvalue weighted by molar-refractivity contribution is 5.95. The number of carbonyl (C=O) groups excluding carboxylic acids is 1. The van der Waals surface area contributed by atoms with E-state index >= 15 is 0 Å². The third-order valence-electron chi connectivity index (χ3n) is 5.10. The summed E-state index contributed by atoms with van der Waals surface area (Å²) >= 11 is 0. The fraction of sp³-hybridized carbons (Fsp3) is 0.333. The Labute approximate surface area is 168 Å². The Kier molecular flexibility index (Phi) is 5.24. The first-order valence-electron chi connectivity index (χ1n) is 9.68. The fourth-order valence-corrected chi connectivity index (χ4v) is 3.63. The van der Waals surface area contributed by atoms with E-state index in [-0.39, 0.29) is 17.6 Å². The number of hydrogen-bond donors (Lipinski definition) is 0. The summed E-state index contributed by atoms with van der Waals surface area (Å²) in [4.78, 5) is 25.7. The Balaban J connectivity index is 1.54. The maximum Gasteiger partial charge on any atom is 0.257 e. The lowest BCUT2D eigenvalue weighted by Crippen LogP contribution is -2.49. The number of piperazine rings is 1. The van der Waals surface area contributed by atoms with Crippen LogP contribution in [-0.4, -0.2) is 56.7 Å². The van der Waals surface area contributed by atoms with E-state index in [9.17, 15) is 9.18 Å². The second-order valence-electron chi connectivity index (χ2n) is 7.33. The molecule has 0 radical (unpaired) electrons. The van der Waals surface area contributed by atoms with Gasteiger partial charge in [-0.15, -0.1) is 0 Å². The van der Waals surface area contributed by atoms with Gasteiger partial charge in [-0.25, -0.2) is 14.1 Å². The van der Waals surface area contributed by atoms with Crippen LogP contribution in [0.3, 0.4) is 0 Å². The number of halogens is 1. The molecule has 0 unspecified atom stereocenters. The number of anilines is 1. The molecule has 7 nitrogen and oxygen atoms in total. The van der Waals surface area contributed by atoms with E-state index in [4.69, 9.17) is 0 Å². The minimum atomic E-state index is -0.302. The van der Waals surface area contributed by atoms with Crippen LogP contribution in [0.5, 0.6) is 0 Å². The minimum absolute atomic E-state index is 0.0270. The van der Waals surface area contributed by atoms with Crippen LogP contribution in [0.2, 0.25) is 0 Å². The van der Waals surface area contributed by atoms with E-state index in [0.29, 0.717) is 31.7 Å². The first kappa shape index (κ1) is 19.0. The zero-order chi connectivity index (χ0) is 20.4. The van der Waals surface area contributed by atoms with Crippen LogP contribution in [0.15, 0.2) is 49.1 Å². The molecule has 1 saturated heterocycles. The quantitative estimate of drug-likeness (QED) is 0.681. The number of carbonyl (C=O) groups is 1. The van der Waals surface area contributed by atoms with Gasteiger partial charge in [0.15, 0.2) is 0 Å². The zero-order valence-corrected chi connectivity index (χ0v) is 16.5. The Hall–Kier alpha value is -3.29. The summed E-state index contributed by atoms with van der Waals surface area (Å²) in [7, 11) is 0. The van der Waals surface area contributed by atoms with Gasteiger partial charge in [-0.2, -0.15) is 5.10 Å². The number of hydrogen-bond acceptors (Lipinski definition) is 5. The molecule has 0 bridgehead atoms. The van der Waals surface area contributed by atoms with Crippen molar-refractivity contribution >= 4 is 11.7 Å². The Bertz CT molecular complexity index is 978. The lowest BCUT2D eigenvalue weighted by molar-refractivity contribution is 0.0745. The highest BCUT2D eigenvalue weighted by Gasteiger charge is 2.28. The lowest BCUT2D eigenvalue weighted by Gasteiger charge is -2.35. The zero-order valence-electron chi connectivity index (χ0n) is 16.5. The van der Waals surface area contributed by atoms with Crippen LogP contribution in [0.1, 0.15) is 35.8 Å². The van der Waals surface area contributed by atoms with Crippen molar-refractivity contribution in [3.63, 3.8) is 0 Å². The van der Waals surface area contributed by atoms with Crippen LogP contribution in [0.4, 0.5) is 10.2 Å². The summed E-state index contributed by atoms with van der Waals surface area (Å²) in [6.07, 6.45) is 6.68. The average molecular weight is 394 g/mol. The molecule has 0 saturated carbocycles. The highest BCUT2D eigenvalue weighted by atomic mass is 19.1. The maximum absolute atomic E-state index is 13.3. The summed E-state index contributed by atoms with van der Waals surface area (Å²) in [5.41, 5.74) is 2.16. The first-order valence-corrected chi connectivity index (χ1v) is 9.68. The van der Waals surface area contributed by atoms with Crippen molar-refractivity contribution in [3.05, 3.63) is 66.1 Å². The number of nitrogens with zero attached hydrogens (tertiary/aromatic N) is 6. The molecule has 0 atom stereocenters. The van der Waals surface area contributed by atoms with Crippen LogP contribution in [-0.2, 0) is 0 Å². The van der Waals surface area contributed by atoms with Gasteiger partial charge in [0.25, 0.3) is 5.91 Å². The van der Waals surface area contributed by atoms with Crippen molar-refractivity contribution in [1.82, 2.24) is 24.6 Å². The molecule has 0 N–H and O–H groups in total. The number of rotatable bonds is 4. The fourth-order valence-electron chi connectivity index (χ4n) is 3.63. The van der Waals surface area contributed by atoms with Gasteiger partial charge in [0.2, 0.25) is 0 Å². The minimum Gasteiger partial charge on any atom is -0.352 e. The molecular weight excluding hydrogens is 371 g/mol. The predicted molar refractivity (Wildman–Crippen MR) is 108 cm³/mol. The first-order chi connectivity index (χ1) is 14.0. The van der Waals surface area contributed by atoms with Crippen molar-refractivity contribution < 1.29 is 9.18 Å². The summed E-state index contributed by atoms with van der Waals surface area (Å²) in [6, 6.07) is 6.13. The van der Waals surface area contributed by atoms with Gasteiger partial charge < -0.3 is 9.80 Å². The molecule has 1 amide bonds. The molecular formula is C21H23FN6O. The van der Waals surface area contributed by atoms with Crippen molar-refractivity contribution in [2.45, 2.75) is 19.8 Å². The number of amides is 1. The van der Waals surface area contributed by atoms with Gasteiger partial charge in [-0.05, 0) is 30.2 Å². The van der Waals surface area contributed by atoms with E-state index in [0.717, 1.165) is 17.2 Å². The van der Waals surface area contributed by atoms with E-state index in [1.807, 2.05) is 18.7 Å². The summed E-state index contributed by atoms with van der Waals surface area (Å²) in [5.74, 6) is 0.583. The Morgan fingerprint density at radius 1 is 1.03 bits per heavy atom. The molecule has 2 aromatic heterocycles. The van der Waals surface area contributed by atoms with Crippen molar-refractivity contribution in [2.75, 3.05) is 31.1 Å². The van der Waals surface area contributed by atoms with Gasteiger partial charge in [-0.1, -0.05) is 13.8 Å². The van der Waals surface area contributed by atoms with Crippen molar-refractivity contribution in [1.29, 1.82) is 0 Å². The molecule has 3 aromatic rings. The van der Waals surface area contributed by atoms with Crippen molar-refractivity contribution in [3.8, 4) is 5.69 Å². The lowest BCUT2D eigenvalue weighted by atomic mass is 10.0.